The first-order valence-electron chi connectivity index (χ1n) is 13.0. The smallest absolute Gasteiger partial charge is 0.160 e. The van der Waals surface area contributed by atoms with Crippen molar-refractivity contribution in [1.29, 1.82) is 5.26 Å². The number of aliphatic hydroxyl groups excluding tert-OH is 1. The number of nitriles is 1. The molecule has 0 spiro atoms. The Morgan fingerprint density at radius 3 is 2.76 bits per heavy atom. The molecule has 3 aliphatic carbocycles. The fraction of sp³-hybridized carbons (Fsp3) is 0.355. The summed E-state index contributed by atoms with van der Waals surface area (Å²) in [6.07, 6.45) is 8.32. The number of aliphatic hydroxyl groups is 1. The fourth-order valence-corrected chi connectivity index (χ4v) is 6.47. The van der Waals surface area contributed by atoms with Crippen LogP contribution in [0.15, 0.2) is 66.6 Å². The van der Waals surface area contributed by atoms with E-state index < -0.39 is 5.41 Å². The highest BCUT2D eigenvalue weighted by molar-refractivity contribution is 5.70. The molecule has 0 saturated heterocycles. The summed E-state index contributed by atoms with van der Waals surface area (Å²) in [5.41, 5.74) is 4.64. The topological polar surface area (TPSA) is 82.7 Å². The summed E-state index contributed by atoms with van der Waals surface area (Å²) in [5, 5.41) is 20.9. The van der Waals surface area contributed by atoms with E-state index >= 15 is 4.39 Å². The van der Waals surface area contributed by atoms with Gasteiger partial charge in [-0.3, -0.25) is 4.98 Å². The molecule has 1 fully saturated rings. The summed E-state index contributed by atoms with van der Waals surface area (Å²) in [7, 11) is 0. The fourth-order valence-electron chi connectivity index (χ4n) is 6.47. The van der Waals surface area contributed by atoms with Gasteiger partial charge < -0.3 is 5.11 Å². The van der Waals surface area contributed by atoms with E-state index in [2.05, 4.69) is 30.6 Å². The van der Waals surface area contributed by atoms with Crippen molar-refractivity contribution < 1.29 is 9.50 Å². The number of nitrogens with zero attached hydrogens (tertiary/aromatic N) is 4. The van der Waals surface area contributed by atoms with E-state index in [9.17, 15) is 10.4 Å². The lowest BCUT2D eigenvalue weighted by Gasteiger charge is -2.48. The Labute approximate surface area is 216 Å². The maximum Gasteiger partial charge on any atom is 0.160 e. The van der Waals surface area contributed by atoms with E-state index in [-0.39, 0.29) is 23.4 Å². The second-order valence-corrected chi connectivity index (χ2v) is 10.8. The van der Waals surface area contributed by atoms with Gasteiger partial charge in [-0.05, 0) is 68.7 Å². The molecule has 0 aliphatic heterocycles. The van der Waals surface area contributed by atoms with Crippen LogP contribution >= 0.6 is 0 Å². The molecule has 37 heavy (non-hydrogen) atoms. The first-order valence-corrected chi connectivity index (χ1v) is 13.0. The molecule has 5 nitrogen and oxygen atoms in total. The summed E-state index contributed by atoms with van der Waals surface area (Å²) in [6, 6.07) is 13.0. The van der Waals surface area contributed by atoms with Crippen molar-refractivity contribution >= 4 is 0 Å². The van der Waals surface area contributed by atoms with Crippen LogP contribution in [0.25, 0.3) is 22.6 Å². The maximum atomic E-state index is 15.2. The van der Waals surface area contributed by atoms with Crippen molar-refractivity contribution in [2.75, 3.05) is 0 Å². The van der Waals surface area contributed by atoms with Crippen LogP contribution in [0, 0.1) is 29.0 Å². The Kier molecular flexibility index (Phi) is 5.67. The van der Waals surface area contributed by atoms with Gasteiger partial charge >= 0.3 is 0 Å². The highest BCUT2D eigenvalue weighted by Gasteiger charge is 2.51. The molecule has 0 radical (unpaired) electrons. The van der Waals surface area contributed by atoms with Gasteiger partial charge in [-0.2, -0.15) is 5.26 Å². The summed E-state index contributed by atoms with van der Waals surface area (Å²) >= 11 is 0. The first kappa shape index (κ1) is 23.5. The zero-order valence-electron chi connectivity index (χ0n) is 20.9. The lowest BCUT2D eigenvalue weighted by atomic mass is 9.55. The predicted octanol–water partition coefficient (Wildman–Crippen LogP) is 6.97. The van der Waals surface area contributed by atoms with Gasteiger partial charge in [0.15, 0.2) is 5.82 Å². The van der Waals surface area contributed by atoms with Crippen molar-refractivity contribution in [3.63, 3.8) is 0 Å². The second kappa shape index (κ2) is 8.92. The molecule has 1 saturated carbocycles. The van der Waals surface area contributed by atoms with Gasteiger partial charge in [-0.1, -0.05) is 25.1 Å². The van der Waals surface area contributed by atoms with Gasteiger partial charge in [0, 0.05) is 45.8 Å². The molecule has 3 aliphatic rings. The highest BCUT2D eigenvalue weighted by Crippen LogP contribution is 2.55. The first-order chi connectivity index (χ1) is 17.9. The number of aromatic nitrogens is 3. The van der Waals surface area contributed by atoms with Gasteiger partial charge in [-0.15, -0.1) is 6.58 Å². The summed E-state index contributed by atoms with van der Waals surface area (Å²) < 4.78 is 15.2. The third-order valence-corrected chi connectivity index (χ3v) is 8.48. The van der Waals surface area contributed by atoms with Crippen LogP contribution < -0.4 is 0 Å². The quantitative estimate of drug-likeness (QED) is 0.389. The molecule has 6 heteroatoms. The van der Waals surface area contributed by atoms with Crippen LogP contribution in [0.4, 0.5) is 4.39 Å². The number of pyridine rings is 1. The summed E-state index contributed by atoms with van der Waals surface area (Å²) in [6.45, 7) is 6.04. The minimum Gasteiger partial charge on any atom is -0.511 e. The van der Waals surface area contributed by atoms with E-state index in [0.29, 0.717) is 47.8 Å². The SMILES string of the molecule is C=CC[C@H]1C(O)=C(C#N)C[C@@]2(C)c3nc(-c4ccnc(C5CC5)c4)nc(-c4ccccc4F)c3CC[C@H]12. The van der Waals surface area contributed by atoms with Crippen LogP contribution in [0.5, 0.6) is 0 Å². The predicted molar refractivity (Wildman–Crippen MR) is 140 cm³/mol. The minimum atomic E-state index is -0.511. The largest absolute Gasteiger partial charge is 0.511 e. The summed E-state index contributed by atoms with van der Waals surface area (Å²) in [4.78, 5) is 14.7. The third kappa shape index (κ3) is 3.85. The molecule has 1 N–H and O–H groups in total. The molecule has 2 heterocycles. The Morgan fingerprint density at radius 1 is 1.22 bits per heavy atom. The Hall–Kier alpha value is -3.85. The van der Waals surface area contributed by atoms with E-state index in [1.165, 1.54) is 6.07 Å². The number of hydrogen-bond acceptors (Lipinski definition) is 5. The van der Waals surface area contributed by atoms with Gasteiger partial charge in [0.2, 0.25) is 0 Å². The Morgan fingerprint density at radius 2 is 2.03 bits per heavy atom. The average molecular weight is 493 g/mol. The van der Waals surface area contributed by atoms with Crippen LogP contribution in [0.1, 0.15) is 61.9 Å². The van der Waals surface area contributed by atoms with Crippen LogP contribution in [0.2, 0.25) is 0 Å². The molecule has 1 aromatic carbocycles. The van der Waals surface area contributed by atoms with Crippen molar-refractivity contribution in [3.05, 3.63) is 89.4 Å². The normalized spacial score (nSPS) is 24.7. The number of benzene rings is 1. The maximum absolute atomic E-state index is 15.2. The molecular weight excluding hydrogens is 463 g/mol. The van der Waals surface area contributed by atoms with Crippen LogP contribution in [0.3, 0.4) is 0 Å². The molecule has 0 bridgehead atoms. The van der Waals surface area contributed by atoms with Crippen LogP contribution in [-0.2, 0) is 11.8 Å². The molecule has 3 atom stereocenters. The number of fused-ring (bicyclic) bond motifs is 3. The summed E-state index contributed by atoms with van der Waals surface area (Å²) in [5.74, 6) is 0.761. The molecule has 6 rings (SSSR count). The molecule has 2 aromatic heterocycles. The lowest BCUT2D eigenvalue weighted by molar-refractivity contribution is 0.126. The molecular formula is C31H29FN4O. The van der Waals surface area contributed by atoms with E-state index in [0.717, 1.165) is 41.8 Å². The molecule has 186 valence electrons. The minimum absolute atomic E-state index is 0.0748. The zero-order valence-corrected chi connectivity index (χ0v) is 20.9. The molecule has 0 unspecified atom stereocenters. The number of rotatable bonds is 5. The third-order valence-electron chi connectivity index (χ3n) is 8.48. The Bertz CT molecular complexity index is 1480. The van der Waals surface area contributed by atoms with Crippen molar-refractivity contribution in [2.45, 2.75) is 56.8 Å². The number of allylic oxidation sites excluding steroid dienone is 3. The van der Waals surface area contributed by atoms with Gasteiger partial charge in [0.05, 0.1) is 23.0 Å². The highest BCUT2D eigenvalue weighted by atomic mass is 19.1. The zero-order chi connectivity index (χ0) is 25.7. The standard InChI is InChI=1S/C31H29FN4O/c1-3-6-21-24-12-11-23-27(22-7-4-5-8-25(22)32)35-30(19-13-14-34-26(15-19)18-9-10-18)36-29(23)31(24,2)16-20(17-33)28(21)37/h3-5,7-8,13-15,18,21,24,37H,1,6,9-12,16H2,2H3/t21-,24-,31-/m1/s1. The average Bonchev–Trinajstić information content (AvgIpc) is 3.76. The van der Waals surface area contributed by atoms with E-state index in [1.807, 2.05) is 18.2 Å². The van der Waals surface area contributed by atoms with Crippen molar-refractivity contribution in [2.24, 2.45) is 11.8 Å². The van der Waals surface area contributed by atoms with E-state index in [4.69, 9.17) is 9.97 Å². The van der Waals surface area contributed by atoms with Crippen molar-refractivity contribution in [3.8, 4) is 28.7 Å². The lowest BCUT2D eigenvalue weighted by Crippen LogP contribution is -2.46. The van der Waals surface area contributed by atoms with Gasteiger partial charge in [0.1, 0.15) is 11.6 Å². The van der Waals surface area contributed by atoms with Gasteiger partial charge in [0.25, 0.3) is 0 Å². The van der Waals surface area contributed by atoms with Crippen molar-refractivity contribution in [1.82, 2.24) is 15.0 Å². The molecule has 0 amide bonds. The van der Waals surface area contributed by atoms with Crippen LogP contribution in [-0.4, -0.2) is 20.1 Å². The molecule has 3 aromatic rings. The number of hydrogen-bond donors (Lipinski definition) is 1. The monoisotopic (exact) mass is 492 g/mol. The Balaban J connectivity index is 1.59. The number of halogens is 1. The van der Waals surface area contributed by atoms with Gasteiger partial charge in [-0.25, -0.2) is 14.4 Å². The second-order valence-electron chi connectivity index (χ2n) is 10.8. The van der Waals surface area contributed by atoms with E-state index in [1.54, 1.807) is 18.3 Å².